The Morgan fingerprint density at radius 3 is 2.67 bits per heavy atom. The molecule has 0 saturated carbocycles. The van der Waals surface area contributed by atoms with Gasteiger partial charge in [0.15, 0.2) is 0 Å². The first-order valence-electron chi connectivity index (χ1n) is 3.85. The van der Waals surface area contributed by atoms with Gasteiger partial charge in [0, 0.05) is 19.4 Å². The summed E-state index contributed by atoms with van der Waals surface area (Å²) in [6.07, 6.45) is -4.51. The smallest absolute Gasteiger partial charge is 0.365 e. The second-order valence-corrected chi connectivity index (χ2v) is 2.45. The van der Waals surface area contributed by atoms with Crippen molar-refractivity contribution in [3.63, 3.8) is 0 Å². The van der Waals surface area contributed by atoms with Crippen LogP contribution in [0.1, 0.15) is 6.42 Å². The minimum Gasteiger partial charge on any atom is -0.365 e. The van der Waals surface area contributed by atoms with Gasteiger partial charge in [0.25, 0.3) is 5.78 Å². The maximum absolute atomic E-state index is 11.7. The van der Waals surface area contributed by atoms with Crippen molar-refractivity contribution in [2.75, 3.05) is 7.11 Å². The molecule has 0 saturated heterocycles. The third kappa shape index (κ3) is 5.70. The summed E-state index contributed by atoms with van der Waals surface area (Å²) in [5.41, 5.74) is 0. The number of nitrogens with one attached hydrogen (secondary N) is 1. The Kier molecular flexibility index (Phi) is 5.41. The van der Waals surface area contributed by atoms with Crippen molar-refractivity contribution < 1.29 is 22.7 Å². The molecule has 0 rings (SSSR count). The molecule has 0 fully saturated rings. The second-order valence-electron chi connectivity index (χ2n) is 2.45. The predicted molar refractivity (Wildman–Crippen MR) is 44.4 cm³/mol. The number of ketones is 1. The number of rotatable bonds is 5. The summed E-state index contributed by atoms with van der Waals surface area (Å²) in [5, 5.41) is 10.6. The van der Waals surface area contributed by atoms with Gasteiger partial charge in [-0.05, 0) is 0 Å². The molecule has 0 heterocycles. The van der Waals surface area contributed by atoms with Gasteiger partial charge in [0.2, 0.25) is 0 Å². The minimum absolute atomic E-state index is 0.0406. The first-order valence-corrected chi connectivity index (χ1v) is 3.85. The van der Waals surface area contributed by atoms with E-state index in [9.17, 15) is 18.0 Å². The number of hydrogen-bond acceptors (Lipinski definition) is 4. The Hall–Kier alpha value is -1.55. The number of allylic oxidation sites excluding steroid dienone is 1. The van der Waals surface area contributed by atoms with Crippen LogP contribution in [0.25, 0.3) is 0 Å². The molecule has 7 heteroatoms. The van der Waals surface area contributed by atoms with Crippen LogP contribution in [0.3, 0.4) is 0 Å². The highest BCUT2D eigenvalue weighted by Crippen LogP contribution is 2.15. The summed E-state index contributed by atoms with van der Waals surface area (Å²) in [4.78, 5) is 10.3. The number of alkyl halides is 3. The van der Waals surface area contributed by atoms with Gasteiger partial charge in [-0.1, -0.05) is 0 Å². The molecule has 0 bridgehead atoms. The largest absolute Gasteiger partial charge is 0.454 e. The molecule has 0 aromatic carbocycles. The van der Waals surface area contributed by atoms with Gasteiger partial charge in [-0.25, -0.2) is 0 Å². The Labute approximate surface area is 84.3 Å². The highest BCUT2D eigenvalue weighted by molar-refractivity contribution is 5.94. The standard InChI is InChI=1S/C8H9F3N2O2/c1-15-7(2-4-12)13-5-3-6(14)8(9,10)11/h3,5,7,13H,2H2,1H3. The number of carbonyl (C=O) groups excluding carboxylic acids is 1. The number of ether oxygens (including phenoxy) is 1. The Morgan fingerprint density at radius 2 is 2.27 bits per heavy atom. The van der Waals surface area contributed by atoms with Crippen molar-refractivity contribution in [2.24, 2.45) is 0 Å². The van der Waals surface area contributed by atoms with Crippen molar-refractivity contribution in [3.05, 3.63) is 12.3 Å². The van der Waals surface area contributed by atoms with E-state index in [0.29, 0.717) is 6.08 Å². The molecular formula is C8H9F3N2O2. The van der Waals surface area contributed by atoms with E-state index in [1.165, 1.54) is 7.11 Å². The number of methoxy groups -OCH3 is 1. The Bertz CT molecular complexity index is 281. The van der Waals surface area contributed by atoms with Gasteiger partial charge < -0.3 is 10.1 Å². The molecule has 0 aliphatic heterocycles. The number of halogens is 3. The molecule has 0 amide bonds. The van der Waals surface area contributed by atoms with Crippen LogP contribution in [0.2, 0.25) is 0 Å². The number of hydrogen-bond donors (Lipinski definition) is 1. The van der Waals surface area contributed by atoms with Gasteiger partial charge >= 0.3 is 6.18 Å². The lowest BCUT2D eigenvalue weighted by atomic mass is 10.3. The van der Waals surface area contributed by atoms with Crippen LogP contribution in [0, 0.1) is 11.3 Å². The van der Waals surface area contributed by atoms with E-state index in [1.807, 2.05) is 0 Å². The zero-order chi connectivity index (χ0) is 11.9. The fourth-order valence-electron chi connectivity index (χ4n) is 0.619. The first kappa shape index (κ1) is 13.4. The summed E-state index contributed by atoms with van der Waals surface area (Å²) in [6.45, 7) is 0. The average Bonchev–Trinajstić information content (AvgIpc) is 2.14. The summed E-state index contributed by atoms with van der Waals surface area (Å²) in [6, 6.07) is 1.76. The van der Waals surface area contributed by atoms with Gasteiger partial charge in [-0.3, -0.25) is 4.79 Å². The highest BCUT2D eigenvalue weighted by Gasteiger charge is 2.36. The lowest BCUT2D eigenvalue weighted by Gasteiger charge is -2.10. The van der Waals surface area contributed by atoms with Crippen molar-refractivity contribution in [2.45, 2.75) is 18.8 Å². The van der Waals surface area contributed by atoms with E-state index >= 15 is 0 Å². The molecule has 0 aliphatic rings. The van der Waals surface area contributed by atoms with Gasteiger partial charge in [0.1, 0.15) is 6.23 Å². The maximum Gasteiger partial charge on any atom is 0.454 e. The van der Waals surface area contributed by atoms with Crippen molar-refractivity contribution in [3.8, 4) is 6.07 Å². The summed E-state index contributed by atoms with van der Waals surface area (Å²) < 4.78 is 39.8. The van der Waals surface area contributed by atoms with Crippen molar-refractivity contribution in [1.82, 2.24) is 5.32 Å². The molecule has 15 heavy (non-hydrogen) atoms. The molecular weight excluding hydrogens is 213 g/mol. The van der Waals surface area contributed by atoms with Crippen LogP contribution in [-0.4, -0.2) is 25.3 Å². The van der Waals surface area contributed by atoms with Crippen LogP contribution in [0.15, 0.2) is 12.3 Å². The molecule has 1 atom stereocenters. The third-order valence-corrected chi connectivity index (χ3v) is 1.36. The highest BCUT2D eigenvalue weighted by atomic mass is 19.4. The second kappa shape index (κ2) is 6.03. The van der Waals surface area contributed by atoms with E-state index in [-0.39, 0.29) is 6.42 Å². The third-order valence-electron chi connectivity index (χ3n) is 1.36. The Balaban J connectivity index is 4.09. The van der Waals surface area contributed by atoms with Crippen molar-refractivity contribution >= 4 is 5.78 Å². The van der Waals surface area contributed by atoms with Crippen LogP contribution < -0.4 is 5.32 Å². The van der Waals surface area contributed by atoms with Crippen molar-refractivity contribution in [1.29, 1.82) is 5.26 Å². The topological polar surface area (TPSA) is 62.1 Å². The number of carbonyl (C=O) groups is 1. The molecule has 0 aromatic heterocycles. The van der Waals surface area contributed by atoms with Gasteiger partial charge in [0.05, 0.1) is 12.5 Å². The lowest BCUT2D eigenvalue weighted by molar-refractivity contribution is -0.165. The van der Waals surface area contributed by atoms with Crippen LogP contribution >= 0.6 is 0 Å². The molecule has 84 valence electrons. The normalized spacial score (nSPS) is 13.5. The molecule has 0 spiro atoms. The van der Waals surface area contributed by atoms with E-state index in [0.717, 1.165) is 6.20 Å². The molecule has 4 nitrogen and oxygen atoms in total. The maximum atomic E-state index is 11.7. The summed E-state index contributed by atoms with van der Waals surface area (Å²) in [5.74, 6) is -1.97. The van der Waals surface area contributed by atoms with E-state index < -0.39 is 18.2 Å². The molecule has 0 aromatic rings. The van der Waals surface area contributed by atoms with E-state index in [1.54, 1.807) is 6.07 Å². The number of nitriles is 1. The van der Waals surface area contributed by atoms with Gasteiger partial charge in [-0.15, -0.1) is 0 Å². The molecule has 0 aliphatic carbocycles. The quantitative estimate of drug-likeness (QED) is 0.559. The summed E-state index contributed by atoms with van der Waals surface area (Å²) in [7, 11) is 1.29. The van der Waals surface area contributed by atoms with E-state index in [4.69, 9.17) is 5.26 Å². The number of nitrogens with zero attached hydrogens (tertiary/aromatic N) is 1. The molecule has 1 N–H and O–H groups in total. The monoisotopic (exact) mass is 222 g/mol. The minimum atomic E-state index is -4.88. The lowest BCUT2D eigenvalue weighted by Crippen LogP contribution is -2.27. The van der Waals surface area contributed by atoms with Crippen LogP contribution in [0.5, 0.6) is 0 Å². The van der Waals surface area contributed by atoms with E-state index in [2.05, 4.69) is 10.1 Å². The Morgan fingerprint density at radius 1 is 1.67 bits per heavy atom. The summed E-state index contributed by atoms with van der Waals surface area (Å²) >= 11 is 0. The zero-order valence-corrected chi connectivity index (χ0v) is 7.84. The zero-order valence-electron chi connectivity index (χ0n) is 7.84. The first-order chi connectivity index (χ1) is 6.91. The predicted octanol–water partition coefficient (Wildman–Crippen LogP) is 1.11. The SMILES string of the molecule is COC(CC#N)NC=CC(=O)C(F)(F)F. The van der Waals surface area contributed by atoms with Gasteiger partial charge in [-0.2, -0.15) is 18.4 Å². The fraction of sp³-hybridized carbons (Fsp3) is 0.500. The van der Waals surface area contributed by atoms with Crippen LogP contribution in [0.4, 0.5) is 13.2 Å². The van der Waals surface area contributed by atoms with Crippen LogP contribution in [-0.2, 0) is 9.53 Å². The molecule has 0 radical (unpaired) electrons. The fourth-order valence-corrected chi connectivity index (χ4v) is 0.619. The molecule has 1 unspecified atom stereocenters. The average molecular weight is 222 g/mol.